The van der Waals surface area contributed by atoms with Crippen molar-refractivity contribution in [1.82, 2.24) is 15.0 Å². The molecule has 17 heavy (non-hydrogen) atoms. The van der Waals surface area contributed by atoms with Crippen LogP contribution in [0.25, 0.3) is 10.8 Å². The van der Waals surface area contributed by atoms with Gasteiger partial charge < -0.3 is 15.2 Å². The molecule has 1 atom stereocenters. The van der Waals surface area contributed by atoms with Crippen molar-refractivity contribution in [2.75, 3.05) is 20.6 Å². The fourth-order valence-electron chi connectivity index (χ4n) is 1.54. The van der Waals surface area contributed by atoms with Crippen LogP contribution in [0.2, 0.25) is 0 Å². The Balaban J connectivity index is 2.19. The molecule has 2 aromatic heterocycles. The minimum Gasteiger partial charge on any atom is -0.333 e. The van der Waals surface area contributed by atoms with Gasteiger partial charge in [0.2, 0.25) is 0 Å². The highest BCUT2D eigenvalue weighted by Gasteiger charge is 2.17. The van der Waals surface area contributed by atoms with Crippen LogP contribution >= 0.6 is 11.3 Å². The quantitative estimate of drug-likeness (QED) is 0.896. The van der Waals surface area contributed by atoms with Crippen LogP contribution in [0.5, 0.6) is 0 Å². The molecule has 0 bridgehead atoms. The molecule has 0 spiro atoms. The summed E-state index contributed by atoms with van der Waals surface area (Å²) in [5.41, 5.74) is 7.12. The first-order valence-corrected chi connectivity index (χ1v) is 6.24. The van der Waals surface area contributed by atoms with Gasteiger partial charge in [0.25, 0.3) is 5.89 Å². The Kier molecular flexibility index (Phi) is 3.56. The van der Waals surface area contributed by atoms with Gasteiger partial charge in [-0.05, 0) is 38.0 Å². The molecule has 92 valence electrons. The normalized spacial score (nSPS) is 13.2. The summed E-state index contributed by atoms with van der Waals surface area (Å²) >= 11 is 1.59. The first-order chi connectivity index (χ1) is 8.08. The Hall–Kier alpha value is -1.24. The van der Waals surface area contributed by atoms with Crippen molar-refractivity contribution in [3.8, 4) is 10.8 Å². The maximum Gasteiger partial charge on any atom is 0.268 e. The van der Waals surface area contributed by atoms with Crippen molar-refractivity contribution in [3.05, 3.63) is 22.8 Å². The lowest BCUT2D eigenvalue weighted by Crippen LogP contribution is -2.26. The molecule has 2 rings (SSSR count). The van der Waals surface area contributed by atoms with Crippen molar-refractivity contribution < 1.29 is 4.52 Å². The SMILES string of the molecule is Cc1ccsc1-c1nc(C(N)CN(C)C)no1. The Bertz CT molecular complexity index is 491. The second-order valence-corrected chi connectivity index (χ2v) is 5.18. The fourth-order valence-corrected chi connectivity index (χ4v) is 2.39. The molecule has 0 fully saturated rings. The zero-order valence-corrected chi connectivity index (χ0v) is 11.0. The van der Waals surface area contributed by atoms with E-state index >= 15 is 0 Å². The molecule has 5 nitrogen and oxygen atoms in total. The molecule has 0 aliphatic carbocycles. The predicted octanol–water partition coefficient (Wildman–Crippen LogP) is 1.67. The average Bonchev–Trinajstić information content (AvgIpc) is 2.84. The van der Waals surface area contributed by atoms with E-state index in [4.69, 9.17) is 10.3 Å². The third kappa shape index (κ3) is 2.71. The molecule has 0 aliphatic rings. The van der Waals surface area contributed by atoms with E-state index in [1.807, 2.05) is 37.4 Å². The second kappa shape index (κ2) is 4.95. The molecule has 0 saturated heterocycles. The summed E-state index contributed by atoms with van der Waals surface area (Å²) in [6.07, 6.45) is 0. The predicted molar refractivity (Wildman–Crippen MR) is 67.8 cm³/mol. The molecule has 6 heteroatoms. The third-order valence-corrected chi connectivity index (χ3v) is 3.40. The van der Waals surface area contributed by atoms with Gasteiger partial charge in [-0.25, -0.2) is 0 Å². The van der Waals surface area contributed by atoms with Gasteiger partial charge in [-0.3, -0.25) is 0 Å². The maximum atomic E-state index is 5.98. The van der Waals surface area contributed by atoms with E-state index in [2.05, 4.69) is 10.1 Å². The van der Waals surface area contributed by atoms with E-state index in [-0.39, 0.29) is 6.04 Å². The van der Waals surface area contributed by atoms with Gasteiger partial charge >= 0.3 is 0 Å². The smallest absolute Gasteiger partial charge is 0.268 e. The van der Waals surface area contributed by atoms with E-state index in [0.717, 1.165) is 10.4 Å². The van der Waals surface area contributed by atoms with E-state index in [0.29, 0.717) is 18.3 Å². The number of nitrogens with two attached hydrogens (primary N) is 1. The van der Waals surface area contributed by atoms with Crippen LogP contribution in [0, 0.1) is 6.92 Å². The van der Waals surface area contributed by atoms with Crippen LogP contribution in [0.1, 0.15) is 17.4 Å². The summed E-state index contributed by atoms with van der Waals surface area (Å²) in [7, 11) is 3.93. The number of rotatable bonds is 4. The van der Waals surface area contributed by atoms with Crippen LogP contribution in [-0.2, 0) is 0 Å². The van der Waals surface area contributed by atoms with E-state index in [1.165, 1.54) is 0 Å². The van der Waals surface area contributed by atoms with Crippen molar-refractivity contribution in [1.29, 1.82) is 0 Å². The van der Waals surface area contributed by atoms with Crippen molar-refractivity contribution in [2.45, 2.75) is 13.0 Å². The van der Waals surface area contributed by atoms with Gasteiger partial charge in [0.05, 0.1) is 10.9 Å². The number of aryl methyl sites for hydroxylation is 1. The summed E-state index contributed by atoms with van der Waals surface area (Å²) in [5.74, 6) is 1.11. The first-order valence-electron chi connectivity index (χ1n) is 5.36. The van der Waals surface area contributed by atoms with Crippen LogP contribution in [0.15, 0.2) is 16.0 Å². The lowest BCUT2D eigenvalue weighted by molar-refractivity contribution is 0.357. The summed E-state index contributed by atoms with van der Waals surface area (Å²) in [6.45, 7) is 2.72. The number of hydrogen-bond acceptors (Lipinski definition) is 6. The lowest BCUT2D eigenvalue weighted by Gasteiger charge is -2.12. The summed E-state index contributed by atoms with van der Waals surface area (Å²) in [6, 6.07) is 1.81. The number of aromatic nitrogens is 2. The Morgan fingerprint density at radius 1 is 1.53 bits per heavy atom. The van der Waals surface area contributed by atoms with E-state index < -0.39 is 0 Å². The zero-order chi connectivity index (χ0) is 12.4. The van der Waals surface area contributed by atoms with Crippen LogP contribution in [0.4, 0.5) is 0 Å². The van der Waals surface area contributed by atoms with Gasteiger partial charge in [0.1, 0.15) is 0 Å². The standard InChI is InChI=1S/C11H16N4OS/c1-7-4-5-17-9(7)11-13-10(14-16-11)8(12)6-15(2)3/h4-5,8H,6,12H2,1-3H3. The summed E-state index contributed by atoms with van der Waals surface area (Å²) in [4.78, 5) is 7.36. The molecule has 2 N–H and O–H groups in total. The molecule has 0 radical (unpaired) electrons. The van der Waals surface area contributed by atoms with E-state index in [9.17, 15) is 0 Å². The number of thiophene rings is 1. The zero-order valence-electron chi connectivity index (χ0n) is 10.2. The highest BCUT2D eigenvalue weighted by molar-refractivity contribution is 7.13. The Labute approximate surface area is 104 Å². The second-order valence-electron chi connectivity index (χ2n) is 4.26. The molecule has 0 saturated carbocycles. The van der Waals surface area contributed by atoms with Gasteiger partial charge in [-0.2, -0.15) is 4.98 Å². The highest BCUT2D eigenvalue weighted by atomic mass is 32.1. The summed E-state index contributed by atoms with van der Waals surface area (Å²) < 4.78 is 5.24. The molecule has 0 aromatic carbocycles. The van der Waals surface area contributed by atoms with Crippen molar-refractivity contribution in [2.24, 2.45) is 5.73 Å². The molecule has 0 aliphatic heterocycles. The van der Waals surface area contributed by atoms with Crippen LogP contribution in [-0.4, -0.2) is 35.7 Å². The third-order valence-electron chi connectivity index (χ3n) is 2.39. The highest BCUT2D eigenvalue weighted by Crippen LogP contribution is 2.27. The maximum absolute atomic E-state index is 5.98. The molecule has 2 heterocycles. The summed E-state index contributed by atoms with van der Waals surface area (Å²) in [5, 5.41) is 5.94. The van der Waals surface area contributed by atoms with Gasteiger partial charge in [-0.15, -0.1) is 11.3 Å². The molecular weight excluding hydrogens is 236 g/mol. The minimum absolute atomic E-state index is 0.220. The Morgan fingerprint density at radius 2 is 2.29 bits per heavy atom. The van der Waals surface area contributed by atoms with Crippen LogP contribution in [0.3, 0.4) is 0 Å². The monoisotopic (exact) mass is 252 g/mol. The molecule has 1 unspecified atom stereocenters. The average molecular weight is 252 g/mol. The van der Waals surface area contributed by atoms with Gasteiger partial charge in [0, 0.05) is 6.54 Å². The Morgan fingerprint density at radius 3 is 2.88 bits per heavy atom. The number of hydrogen-bond donors (Lipinski definition) is 1. The van der Waals surface area contributed by atoms with Gasteiger partial charge in [-0.1, -0.05) is 5.16 Å². The lowest BCUT2D eigenvalue weighted by atomic mass is 10.3. The first kappa shape index (κ1) is 12.2. The van der Waals surface area contributed by atoms with Crippen LogP contribution < -0.4 is 5.73 Å². The van der Waals surface area contributed by atoms with Crippen molar-refractivity contribution >= 4 is 11.3 Å². The molecule has 2 aromatic rings. The van der Waals surface area contributed by atoms with E-state index in [1.54, 1.807) is 11.3 Å². The largest absolute Gasteiger partial charge is 0.333 e. The molecule has 0 amide bonds. The minimum atomic E-state index is -0.220. The molecular formula is C11H16N4OS. The number of likely N-dealkylation sites (N-methyl/N-ethyl adjacent to an activating group) is 1. The van der Waals surface area contributed by atoms with Gasteiger partial charge in [0.15, 0.2) is 5.82 Å². The topological polar surface area (TPSA) is 68.2 Å². The van der Waals surface area contributed by atoms with Crippen molar-refractivity contribution in [3.63, 3.8) is 0 Å². The fraction of sp³-hybridized carbons (Fsp3) is 0.455. The number of nitrogens with zero attached hydrogens (tertiary/aromatic N) is 3.